The fraction of sp³-hybridized carbons (Fsp3) is 0.667. The molecule has 2 nitrogen and oxygen atoms in total. The summed E-state index contributed by atoms with van der Waals surface area (Å²) in [5.74, 6) is -0.0304. The highest BCUT2D eigenvalue weighted by Gasteiger charge is 2.24. The van der Waals surface area contributed by atoms with Gasteiger partial charge in [0, 0.05) is 3.58 Å². The molecule has 1 atom stereocenters. The minimum Gasteiger partial charge on any atom is -0.466 e. The summed E-state index contributed by atoms with van der Waals surface area (Å²) in [6.45, 7) is 2.33. The van der Waals surface area contributed by atoms with Crippen LogP contribution < -0.4 is 0 Å². The number of carbonyl (C=O) groups excluding carboxylic acids is 1. The third-order valence-corrected chi connectivity index (χ3v) is 3.13. The standard InChI is InChI=1S/C9H13IO2/c1-2-12-9(11)7-5-3-4-6-8(7)10/h6-7H,2-5H2,1H3. The van der Waals surface area contributed by atoms with Gasteiger partial charge >= 0.3 is 5.97 Å². The van der Waals surface area contributed by atoms with Gasteiger partial charge in [-0.15, -0.1) is 0 Å². The van der Waals surface area contributed by atoms with Crippen LogP contribution in [0.15, 0.2) is 9.66 Å². The molecule has 68 valence electrons. The summed E-state index contributed by atoms with van der Waals surface area (Å²) in [6, 6.07) is 0. The van der Waals surface area contributed by atoms with Crippen molar-refractivity contribution < 1.29 is 9.53 Å². The van der Waals surface area contributed by atoms with Gasteiger partial charge in [0.15, 0.2) is 0 Å². The Labute approximate surface area is 86.5 Å². The Morgan fingerprint density at radius 1 is 1.83 bits per heavy atom. The summed E-state index contributed by atoms with van der Waals surface area (Å²) in [5, 5.41) is 0. The molecule has 0 radical (unpaired) electrons. The van der Waals surface area contributed by atoms with Gasteiger partial charge in [-0.1, -0.05) is 6.08 Å². The molecule has 0 bridgehead atoms. The number of esters is 1. The molecule has 1 unspecified atom stereocenters. The summed E-state index contributed by atoms with van der Waals surface area (Å²) in [7, 11) is 0. The minimum absolute atomic E-state index is 0.0271. The maximum Gasteiger partial charge on any atom is 0.313 e. The van der Waals surface area contributed by atoms with Crippen molar-refractivity contribution >= 4 is 28.6 Å². The predicted octanol–water partition coefficient (Wildman–Crippen LogP) is 2.67. The Hall–Kier alpha value is -0.0600. The van der Waals surface area contributed by atoms with Crippen molar-refractivity contribution in [1.82, 2.24) is 0 Å². The van der Waals surface area contributed by atoms with E-state index in [1.54, 1.807) is 0 Å². The smallest absolute Gasteiger partial charge is 0.313 e. The summed E-state index contributed by atoms with van der Waals surface area (Å²) >= 11 is 2.23. The number of hydrogen-bond acceptors (Lipinski definition) is 2. The summed E-state index contributed by atoms with van der Waals surface area (Å²) in [5.41, 5.74) is 0. The third-order valence-electron chi connectivity index (χ3n) is 1.94. The molecule has 0 aromatic heterocycles. The van der Waals surface area contributed by atoms with Crippen molar-refractivity contribution in [3.63, 3.8) is 0 Å². The van der Waals surface area contributed by atoms with Crippen LogP contribution in [0.5, 0.6) is 0 Å². The Morgan fingerprint density at radius 2 is 2.58 bits per heavy atom. The highest BCUT2D eigenvalue weighted by molar-refractivity contribution is 14.1. The molecule has 0 aromatic rings. The van der Waals surface area contributed by atoms with E-state index >= 15 is 0 Å². The molecule has 0 saturated heterocycles. The molecule has 0 aromatic carbocycles. The zero-order valence-corrected chi connectivity index (χ0v) is 9.34. The van der Waals surface area contributed by atoms with Crippen molar-refractivity contribution in [2.75, 3.05) is 6.61 Å². The maximum absolute atomic E-state index is 11.3. The van der Waals surface area contributed by atoms with Crippen molar-refractivity contribution in [3.8, 4) is 0 Å². The number of allylic oxidation sites excluding steroid dienone is 1. The molecule has 0 amide bonds. The van der Waals surface area contributed by atoms with E-state index < -0.39 is 0 Å². The van der Waals surface area contributed by atoms with E-state index in [9.17, 15) is 4.79 Å². The van der Waals surface area contributed by atoms with Gasteiger partial charge in [0.05, 0.1) is 12.5 Å². The predicted molar refractivity (Wildman–Crippen MR) is 56.1 cm³/mol. The second kappa shape index (κ2) is 4.84. The number of rotatable bonds is 2. The van der Waals surface area contributed by atoms with Crippen molar-refractivity contribution in [2.24, 2.45) is 5.92 Å². The lowest BCUT2D eigenvalue weighted by molar-refractivity contribution is -0.146. The van der Waals surface area contributed by atoms with Crippen LogP contribution in [0.2, 0.25) is 0 Å². The first-order chi connectivity index (χ1) is 5.75. The Balaban J connectivity index is 2.55. The lowest BCUT2D eigenvalue weighted by atomic mass is 9.96. The molecule has 0 aliphatic heterocycles. The topological polar surface area (TPSA) is 26.3 Å². The Bertz CT molecular complexity index is 199. The summed E-state index contributed by atoms with van der Waals surface area (Å²) < 4.78 is 6.12. The first-order valence-electron chi connectivity index (χ1n) is 4.28. The van der Waals surface area contributed by atoms with Crippen LogP contribution in [-0.2, 0) is 9.53 Å². The van der Waals surface area contributed by atoms with Crippen LogP contribution in [0.1, 0.15) is 26.2 Å². The molecule has 0 N–H and O–H groups in total. The average molecular weight is 280 g/mol. The summed E-state index contributed by atoms with van der Waals surface area (Å²) in [4.78, 5) is 11.3. The molecule has 1 rings (SSSR count). The van der Waals surface area contributed by atoms with E-state index in [1.165, 1.54) is 0 Å². The minimum atomic E-state index is -0.0575. The van der Waals surface area contributed by atoms with Crippen molar-refractivity contribution in [2.45, 2.75) is 26.2 Å². The van der Waals surface area contributed by atoms with Crippen LogP contribution in [0.3, 0.4) is 0 Å². The molecular formula is C9H13IO2. The third kappa shape index (κ3) is 2.47. The fourth-order valence-electron chi connectivity index (χ4n) is 1.32. The molecule has 3 heteroatoms. The molecule has 0 fully saturated rings. The van der Waals surface area contributed by atoms with E-state index in [2.05, 4.69) is 28.7 Å². The van der Waals surface area contributed by atoms with Gasteiger partial charge < -0.3 is 4.74 Å². The van der Waals surface area contributed by atoms with Crippen molar-refractivity contribution in [1.29, 1.82) is 0 Å². The van der Waals surface area contributed by atoms with Gasteiger partial charge in [-0.05, 0) is 48.8 Å². The van der Waals surface area contributed by atoms with Crippen LogP contribution in [-0.4, -0.2) is 12.6 Å². The number of halogens is 1. The van der Waals surface area contributed by atoms with Gasteiger partial charge in [0.1, 0.15) is 0 Å². The maximum atomic E-state index is 11.3. The largest absolute Gasteiger partial charge is 0.466 e. The first-order valence-corrected chi connectivity index (χ1v) is 5.35. The van der Waals surface area contributed by atoms with E-state index in [1.807, 2.05) is 6.92 Å². The molecular weight excluding hydrogens is 267 g/mol. The van der Waals surface area contributed by atoms with Gasteiger partial charge in [0.2, 0.25) is 0 Å². The Morgan fingerprint density at radius 3 is 3.17 bits per heavy atom. The van der Waals surface area contributed by atoms with Gasteiger partial charge in [-0.25, -0.2) is 0 Å². The summed E-state index contributed by atoms with van der Waals surface area (Å²) in [6.07, 6.45) is 5.30. The zero-order valence-electron chi connectivity index (χ0n) is 7.18. The van der Waals surface area contributed by atoms with Crippen LogP contribution >= 0.6 is 22.6 Å². The lowest BCUT2D eigenvalue weighted by Gasteiger charge is -2.18. The highest BCUT2D eigenvalue weighted by Crippen LogP contribution is 2.30. The number of hydrogen-bond donors (Lipinski definition) is 0. The van der Waals surface area contributed by atoms with Gasteiger partial charge in [-0.2, -0.15) is 0 Å². The fourth-order valence-corrected chi connectivity index (χ4v) is 2.19. The second-order valence-electron chi connectivity index (χ2n) is 2.82. The monoisotopic (exact) mass is 280 g/mol. The van der Waals surface area contributed by atoms with Gasteiger partial charge in [0.25, 0.3) is 0 Å². The quantitative estimate of drug-likeness (QED) is 0.574. The molecule has 1 aliphatic rings. The van der Waals surface area contributed by atoms with Gasteiger partial charge in [-0.3, -0.25) is 4.79 Å². The molecule has 1 aliphatic carbocycles. The van der Waals surface area contributed by atoms with Crippen LogP contribution in [0, 0.1) is 5.92 Å². The molecule has 0 saturated carbocycles. The van der Waals surface area contributed by atoms with Crippen LogP contribution in [0.25, 0.3) is 0 Å². The highest BCUT2D eigenvalue weighted by atomic mass is 127. The van der Waals surface area contributed by atoms with E-state index in [4.69, 9.17) is 4.74 Å². The first kappa shape index (κ1) is 10.0. The lowest BCUT2D eigenvalue weighted by Crippen LogP contribution is -2.19. The molecule has 0 heterocycles. The molecule has 0 spiro atoms. The van der Waals surface area contributed by atoms with Crippen molar-refractivity contribution in [3.05, 3.63) is 9.66 Å². The SMILES string of the molecule is CCOC(=O)C1CCCC=C1I. The number of carbonyl (C=O) groups is 1. The van der Waals surface area contributed by atoms with Crippen LogP contribution in [0.4, 0.5) is 0 Å². The van der Waals surface area contributed by atoms with E-state index in [0.29, 0.717) is 6.61 Å². The Kier molecular flexibility index (Phi) is 4.05. The van der Waals surface area contributed by atoms with E-state index in [-0.39, 0.29) is 11.9 Å². The number of ether oxygens (including phenoxy) is 1. The normalized spacial score (nSPS) is 23.2. The zero-order chi connectivity index (χ0) is 8.97. The molecule has 12 heavy (non-hydrogen) atoms. The second-order valence-corrected chi connectivity index (χ2v) is 4.07. The average Bonchev–Trinajstić information content (AvgIpc) is 2.05. The van der Waals surface area contributed by atoms with E-state index in [0.717, 1.165) is 22.8 Å².